The summed E-state index contributed by atoms with van der Waals surface area (Å²) in [4.78, 5) is 13.1. The molecule has 7 heteroatoms. The van der Waals surface area contributed by atoms with E-state index in [9.17, 15) is 4.79 Å². The number of ether oxygens (including phenoxy) is 1. The zero-order valence-electron chi connectivity index (χ0n) is 11.3. The van der Waals surface area contributed by atoms with Crippen LogP contribution in [0.3, 0.4) is 0 Å². The van der Waals surface area contributed by atoms with E-state index in [0.717, 1.165) is 11.3 Å². The molecule has 1 N–H and O–H groups in total. The van der Waals surface area contributed by atoms with Gasteiger partial charge in [0, 0.05) is 25.2 Å². The molecule has 0 bridgehead atoms. The van der Waals surface area contributed by atoms with Gasteiger partial charge in [-0.2, -0.15) is 5.10 Å². The molecule has 1 fully saturated rings. The number of hydrogen-bond acceptors (Lipinski definition) is 4. The molecule has 2 atom stereocenters. The third kappa shape index (κ3) is 2.75. The van der Waals surface area contributed by atoms with Crippen LogP contribution in [0.25, 0.3) is 0 Å². The third-order valence-corrected chi connectivity index (χ3v) is 4.08. The molecule has 6 nitrogen and oxygen atoms in total. The van der Waals surface area contributed by atoms with Crippen LogP contribution in [0.1, 0.15) is 11.3 Å². The molecule has 0 amide bonds. The number of aliphatic carboxylic acids is 1. The van der Waals surface area contributed by atoms with Crippen LogP contribution in [0.4, 0.5) is 0 Å². The Labute approximate surface area is 116 Å². The van der Waals surface area contributed by atoms with Gasteiger partial charge in [-0.1, -0.05) is 11.6 Å². The molecule has 1 saturated heterocycles. The predicted octanol–water partition coefficient (Wildman–Crippen LogP) is 0.913. The quantitative estimate of drug-likeness (QED) is 0.892. The molecule has 2 unspecified atom stereocenters. The van der Waals surface area contributed by atoms with Crippen molar-refractivity contribution in [3.63, 3.8) is 0 Å². The van der Waals surface area contributed by atoms with E-state index in [-0.39, 0.29) is 12.6 Å². The summed E-state index contributed by atoms with van der Waals surface area (Å²) >= 11 is 6.19. The molecule has 2 heterocycles. The SMILES string of the molecule is Cc1nn(C)c(Cl)c1CN(C)C1COCC1C(=O)O. The summed E-state index contributed by atoms with van der Waals surface area (Å²) < 4.78 is 6.90. The van der Waals surface area contributed by atoms with Crippen molar-refractivity contribution in [3.8, 4) is 0 Å². The third-order valence-electron chi connectivity index (χ3n) is 3.61. The monoisotopic (exact) mass is 287 g/mol. The van der Waals surface area contributed by atoms with Gasteiger partial charge in [-0.05, 0) is 14.0 Å². The molecule has 19 heavy (non-hydrogen) atoms. The van der Waals surface area contributed by atoms with Crippen LogP contribution >= 0.6 is 11.6 Å². The first kappa shape index (κ1) is 14.3. The lowest BCUT2D eigenvalue weighted by Gasteiger charge is -2.26. The van der Waals surface area contributed by atoms with E-state index in [1.54, 1.807) is 11.7 Å². The fraction of sp³-hybridized carbons (Fsp3) is 0.667. The normalized spacial score (nSPS) is 23.2. The fourth-order valence-electron chi connectivity index (χ4n) is 2.43. The van der Waals surface area contributed by atoms with Gasteiger partial charge in [-0.15, -0.1) is 0 Å². The van der Waals surface area contributed by atoms with Gasteiger partial charge in [0.15, 0.2) is 0 Å². The van der Waals surface area contributed by atoms with E-state index >= 15 is 0 Å². The van der Waals surface area contributed by atoms with Crippen LogP contribution in [0, 0.1) is 12.8 Å². The van der Waals surface area contributed by atoms with Crippen LogP contribution in [0.5, 0.6) is 0 Å². The number of hydrogen-bond donors (Lipinski definition) is 1. The number of nitrogens with zero attached hydrogens (tertiary/aromatic N) is 3. The second-order valence-electron chi connectivity index (χ2n) is 4.94. The molecule has 1 aliphatic heterocycles. The Hall–Kier alpha value is -1.11. The van der Waals surface area contributed by atoms with E-state index in [2.05, 4.69) is 5.10 Å². The van der Waals surface area contributed by atoms with Crippen molar-refractivity contribution >= 4 is 17.6 Å². The molecule has 0 aromatic carbocycles. The van der Waals surface area contributed by atoms with E-state index in [1.165, 1.54) is 0 Å². The van der Waals surface area contributed by atoms with Crippen LogP contribution in [0.2, 0.25) is 5.15 Å². The molecule has 106 valence electrons. The summed E-state index contributed by atoms with van der Waals surface area (Å²) in [5, 5.41) is 14.0. The molecule has 0 aliphatic carbocycles. The molecular formula is C12H18ClN3O3. The maximum atomic E-state index is 11.2. The molecule has 0 saturated carbocycles. The average molecular weight is 288 g/mol. The fourth-order valence-corrected chi connectivity index (χ4v) is 2.67. The Kier molecular flexibility index (Phi) is 4.13. The Balaban J connectivity index is 2.12. The van der Waals surface area contributed by atoms with Crippen LogP contribution in [-0.4, -0.2) is 52.1 Å². The number of carboxylic acid groups (broad SMARTS) is 1. The second-order valence-corrected chi connectivity index (χ2v) is 5.30. The highest BCUT2D eigenvalue weighted by Gasteiger charge is 2.37. The number of likely N-dealkylation sites (N-methyl/N-ethyl adjacent to an activating group) is 1. The van der Waals surface area contributed by atoms with E-state index in [0.29, 0.717) is 18.3 Å². The van der Waals surface area contributed by atoms with Crippen LogP contribution in [0.15, 0.2) is 0 Å². The van der Waals surface area contributed by atoms with Crippen molar-refractivity contribution < 1.29 is 14.6 Å². The van der Waals surface area contributed by atoms with Crippen LogP contribution < -0.4 is 0 Å². The number of carbonyl (C=O) groups is 1. The maximum absolute atomic E-state index is 11.2. The highest BCUT2D eigenvalue weighted by molar-refractivity contribution is 6.30. The summed E-state index contributed by atoms with van der Waals surface area (Å²) in [5.74, 6) is -1.30. The van der Waals surface area contributed by atoms with Crippen molar-refractivity contribution in [2.24, 2.45) is 13.0 Å². The summed E-state index contributed by atoms with van der Waals surface area (Å²) in [6.45, 7) is 3.17. The summed E-state index contributed by atoms with van der Waals surface area (Å²) in [6.07, 6.45) is 0. The van der Waals surface area contributed by atoms with Crippen molar-refractivity contribution in [1.82, 2.24) is 14.7 Å². The Bertz CT molecular complexity index is 489. The minimum atomic E-state index is -0.816. The second kappa shape index (κ2) is 5.48. The standard InChI is InChI=1S/C12H18ClN3O3/c1-7-8(11(13)16(3)14-7)4-15(2)10-6-19-5-9(10)12(17)18/h9-10H,4-6H2,1-3H3,(H,17,18). The molecule has 1 aliphatic rings. The first-order valence-electron chi connectivity index (χ1n) is 6.10. The van der Waals surface area contributed by atoms with Gasteiger partial charge in [0.05, 0.1) is 24.8 Å². The van der Waals surface area contributed by atoms with Gasteiger partial charge >= 0.3 is 5.97 Å². The summed E-state index contributed by atoms with van der Waals surface area (Å²) in [6, 6.07) is -0.131. The van der Waals surface area contributed by atoms with Gasteiger partial charge < -0.3 is 9.84 Å². The van der Waals surface area contributed by atoms with Crippen molar-refractivity contribution in [2.75, 3.05) is 20.3 Å². The smallest absolute Gasteiger partial charge is 0.310 e. The van der Waals surface area contributed by atoms with Gasteiger partial charge in [0.25, 0.3) is 0 Å². The zero-order chi connectivity index (χ0) is 14.2. The molecule has 0 spiro atoms. The first-order chi connectivity index (χ1) is 8.91. The Morgan fingerprint density at radius 1 is 1.63 bits per heavy atom. The number of carboxylic acids is 1. The maximum Gasteiger partial charge on any atom is 0.310 e. The molecule has 0 radical (unpaired) electrons. The van der Waals surface area contributed by atoms with E-state index in [4.69, 9.17) is 21.4 Å². The minimum absolute atomic E-state index is 0.131. The minimum Gasteiger partial charge on any atom is -0.481 e. The molecule has 1 aromatic heterocycles. The highest BCUT2D eigenvalue weighted by Crippen LogP contribution is 2.24. The van der Waals surface area contributed by atoms with Crippen LogP contribution in [-0.2, 0) is 23.1 Å². The molecular weight excluding hydrogens is 270 g/mol. The Morgan fingerprint density at radius 2 is 2.32 bits per heavy atom. The number of aryl methyl sites for hydroxylation is 2. The van der Waals surface area contributed by atoms with Gasteiger partial charge in [0.2, 0.25) is 0 Å². The summed E-state index contributed by atoms with van der Waals surface area (Å²) in [5.41, 5.74) is 1.80. The number of halogens is 1. The lowest BCUT2D eigenvalue weighted by Crippen LogP contribution is -2.40. The topological polar surface area (TPSA) is 67.6 Å². The molecule has 1 aromatic rings. The van der Waals surface area contributed by atoms with Gasteiger partial charge in [-0.25, -0.2) is 0 Å². The predicted molar refractivity (Wildman–Crippen MR) is 70.2 cm³/mol. The largest absolute Gasteiger partial charge is 0.481 e. The van der Waals surface area contributed by atoms with Gasteiger partial charge in [-0.3, -0.25) is 14.4 Å². The lowest BCUT2D eigenvalue weighted by molar-refractivity contribution is -0.143. The zero-order valence-corrected chi connectivity index (χ0v) is 12.0. The van der Waals surface area contributed by atoms with Crippen molar-refractivity contribution in [1.29, 1.82) is 0 Å². The molecule has 2 rings (SSSR count). The number of rotatable bonds is 4. The van der Waals surface area contributed by atoms with Crippen molar-refractivity contribution in [2.45, 2.75) is 19.5 Å². The Morgan fingerprint density at radius 3 is 2.84 bits per heavy atom. The van der Waals surface area contributed by atoms with Crippen molar-refractivity contribution in [3.05, 3.63) is 16.4 Å². The van der Waals surface area contributed by atoms with Gasteiger partial charge in [0.1, 0.15) is 5.15 Å². The average Bonchev–Trinajstić information content (AvgIpc) is 2.90. The summed E-state index contributed by atoms with van der Waals surface area (Å²) in [7, 11) is 3.68. The first-order valence-corrected chi connectivity index (χ1v) is 6.48. The lowest BCUT2D eigenvalue weighted by atomic mass is 10.0. The van der Waals surface area contributed by atoms with E-state index < -0.39 is 11.9 Å². The number of aromatic nitrogens is 2. The highest BCUT2D eigenvalue weighted by atomic mass is 35.5. The van der Waals surface area contributed by atoms with E-state index in [1.807, 2.05) is 18.9 Å².